The molecule has 5 heteroatoms. The second-order valence-corrected chi connectivity index (χ2v) is 5.48. The fraction of sp³-hybridized carbons (Fsp3) is 0.500. The zero-order valence-corrected chi connectivity index (χ0v) is 13.0. The number of nitrogens with one attached hydrogen (secondary N) is 1. The molecule has 0 saturated carbocycles. The number of carbonyl (C=O) groups excluding carboxylic acids is 1. The van der Waals surface area contributed by atoms with Gasteiger partial charge in [0, 0.05) is 13.1 Å². The first-order chi connectivity index (χ1) is 9.97. The van der Waals surface area contributed by atoms with Crippen LogP contribution in [-0.4, -0.2) is 25.5 Å². The predicted molar refractivity (Wildman–Crippen MR) is 84.8 cm³/mol. The second kappa shape index (κ2) is 8.28. The first-order valence-corrected chi connectivity index (χ1v) is 7.24. The molecule has 1 amide bonds. The first kappa shape index (κ1) is 17.0. The van der Waals surface area contributed by atoms with Crippen molar-refractivity contribution in [2.75, 3.05) is 24.5 Å². The Morgan fingerprint density at radius 1 is 1.48 bits per heavy atom. The Bertz CT molecular complexity index is 519. The van der Waals surface area contributed by atoms with Crippen LogP contribution in [0, 0.1) is 17.2 Å². The molecule has 0 unspecified atom stereocenters. The van der Waals surface area contributed by atoms with Crippen LogP contribution in [0.15, 0.2) is 18.2 Å². The van der Waals surface area contributed by atoms with Gasteiger partial charge in [0.1, 0.15) is 6.07 Å². The van der Waals surface area contributed by atoms with E-state index in [1.54, 1.807) is 0 Å². The van der Waals surface area contributed by atoms with E-state index < -0.39 is 5.91 Å². The summed E-state index contributed by atoms with van der Waals surface area (Å²) in [4.78, 5) is 13.1. The van der Waals surface area contributed by atoms with Gasteiger partial charge in [0.05, 0.1) is 17.8 Å². The van der Waals surface area contributed by atoms with Crippen LogP contribution in [0.25, 0.3) is 0 Å². The van der Waals surface area contributed by atoms with Gasteiger partial charge < -0.3 is 16.0 Å². The van der Waals surface area contributed by atoms with Gasteiger partial charge in [-0.2, -0.15) is 5.26 Å². The number of hydrogen-bond acceptors (Lipinski definition) is 4. The molecule has 0 bridgehead atoms. The van der Waals surface area contributed by atoms with Crippen molar-refractivity contribution in [2.45, 2.75) is 27.3 Å². The van der Waals surface area contributed by atoms with E-state index in [4.69, 9.17) is 5.73 Å². The molecule has 1 aromatic rings. The fourth-order valence-corrected chi connectivity index (χ4v) is 2.20. The van der Waals surface area contributed by atoms with Crippen LogP contribution >= 0.6 is 0 Å². The molecule has 114 valence electrons. The zero-order valence-electron chi connectivity index (χ0n) is 13.0. The molecule has 0 fully saturated rings. The van der Waals surface area contributed by atoms with Crippen LogP contribution < -0.4 is 16.0 Å². The van der Waals surface area contributed by atoms with Gasteiger partial charge in [0.15, 0.2) is 0 Å². The summed E-state index contributed by atoms with van der Waals surface area (Å²) < 4.78 is 0. The monoisotopic (exact) mass is 288 g/mol. The third-order valence-corrected chi connectivity index (χ3v) is 3.03. The van der Waals surface area contributed by atoms with E-state index in [9.17, 15) is 10.1 Å². The maximum atomic E-state index is 11.3. The number of nitrogens with zero attached hydrogens (tertiary/aromatic N) is 2. The van der Waals surface area contributed by atoms with Crippen molar-refractivity contribution >= 4 is 11.6 Å². The molecule has 3 N–H and O–H groups in total. The Hall–Kier alpha value is -2.06. The predicted octanol–water partition coefficient (Wildman–Crippen LogP) is 1.62. The Kier molecular flexibility index (Phi) is 6.70. The summed E-state index contributed by atoms with van der Waals surface area (Å²) in [6.45, 7) is 8.59. The molecule has 1 aromatic carbocycles. The highest BCUT2D eigenvalue weighted by molar-refractivity contribution is 5.80. The summed E-state index contributed by atoms with van der Waals surface area (Å²) in [5.74, 6) is -0.0198. The van der Waals surface area contributed by atoms with Crippen LogP contribution in [0.3, 0.4) is 0 Å². The first-order valence-electron chi connectivity index (χ1n) is 7.24. The molecule has 0 aliphatic heterocycles. The number of benzene rings is 1. The molecular formula is C16H24N4O. The highest BCUT2D eigenvalue weighted by Gasteiger charge is 2.15. The molecule has 21 heavy (non-hydrogen) atoms. The van der Waals surface area contributed by atoms with Gasteiger partial charge in [-0.25, -0.2) is 0 Å². The largest absolute Gasteiger partial charge is 0.368 e. The standard InChI is InChI=1S/C16H24N4O/c1-4-19-9-13-5-6-15(14(7-13)8-17)20(10-12(2)3)11-16(18)21/h5-7,12,19H,4,9-11H2,1-3H3,(H2,18,21). The SMILES string of the molecule is CCNCc1ccc(N(CC(N)=O)CC(C)C)c(C#N)c1. The van der Waals surface area contributed by atoms with E-state index in [0.717, 1.165) is 24.3 Å². The van der Waals surface area contributed by atoms with Crippen LogP contribution in [0.2, 0.25) is 0 Å². The number of carbonyl (C=O) groups is 1. The minimum atomic E-state index is -0.392. The summed E-state index contributed by atoms with van der Waals surface area (Å²) in [6, 6.07) is 7.96. The molecule has 0 aliphatic carbocycles. The second-order valence-electron chi connectivity index (χ2n) is 5.48. The van der Waals surface area contributed by atoms with E-state index in [1.807, 2.05) is 30.0 Å². The summed E-state index contributed by atoms with van der Waals surface area (Å²) >= 11 is 0. The van der Waals surface area contributed by atoms with E-state index in [2.05, 4.69) is 25.2 Å². The average Bonchev–Trinajstić information content (AvgIpc) is 2.43. The van der Waals surface area contributed by atoms with Gasteiger partial charge in [0.25, 0.3) is 0 Å². The number of amides is 1. The maximum absolute atomic E-state index is 11.3. The van der Waals surface area contributed by atoms with Crippen molar-refractivity contribution in [3.8, 4) is 6.07 Å². The van der Waals surface area contributed by atoms with Crippen molar-refractivity contribution < 1.29 is 4.79 Å². The van der Waals surface area contributed by atoms with Crippen molar-refractivity contribution in [1.82, 2.24) is 5.32 Å². The molecule has 0 spiro atoms. The number of nitrogens with two attached hydrogens (primary N) is 1. The molecule has 0 aromatic heterocycles. The summed E-state index contributed by atoms with van der Waals surface area (Å²) in [5, 5.41) is 12.6. The molecule has 5 nitrogen and oxygen atoms in total. The lowest BCUT2D eigenvalue weighted by atomic mass is 10.1. The lowest BCUT2D eigenvalue weighted by Crippen LogP contribution is -2.36. The van der Waals surface area contributed by atoms with E-state index in [-0.39, 0.29) is 6.54 Å². The topological polar surface area (TPSA) is 82.2 Å². The van der Waals surface area contributed by atoms with Gasteiger partial charge in [-0.05, 0) is 30.2 Å². The Labute approximate surface area is 126 Å². The fourth-order valence-electron chi connectivity index (χ4n) is 2.20. The Morgan fingerprint density at radius 2 is 2.19 bits per heavy atom. The van der Waals surface area contributed by atoms with Crippen LogP contribution in [0.4, 0.5) is 5.69 Å². The minimum Gasteiger partial charge on any atom is -0.368 e. The summed E-state index contributed by atoms with van der Waals surface area (Å²) in [7, 11) is 0. The smallest absolute Gasteiger partial charge is 0.236 e. The molecule has 0 aliphatic rings. The lowest BCUT2D eigenvalue weighted by Gasteiger charge is -2.26. The minimum absolute atomic E-state index is 0.124. The molecular weight excluding hydrogens is 264 g/mol. The summed E-state index contributed by atoms with van der Waals surface area (Å²) in [5.41, 5.74) is 7.72. The molecule has 0 heterocycles. The molecule has 0 saturated heterocycles. The number of primary amides is 1. The van der Waals surface area contributed by atoms with Gasteiger partial charge in [-0.1, -0.05) is 26.8 Å². The molecule has 0 atom stereocenters. The number of anilines is 1. The van der Waals surface area contributed by atoms with Crippen molar-refractivity contribution in [3.63, 3.8) is 0 Å². The quantitative estimate of drug-likeness (QED) is 0.761. The molecule has 0 radical (unpaired) electrons. The highest BCUT2D eigenvalue weighted by Crippen LogP contribution is 2.22. The average molecular weight is 288 g/mol. The number of hydrogen-bond donors (Lipinski definition) is 2. The Morgan fingerprint density at radius 3 is 2.71 bits per heavy atom. The molecule has 1 rings (SSSR count). The number of rotatable bonds is 8. The Balaban J connectivity index is 3.06. The van der Waals surface area contributed by atoms with Gasteiger partial charge in [0.2, 0.25) is 5.91 Å². The van der Waals surface area contributed by atoms with Crippen LogP contribution in [-0.2, 0) is 11.3 Å². The normalized spacial score (nSPS) is 10.4. The lowest BCUT2D eigenvalue weighted by molar-refractivity contribution is -0.116. The third-order valence-electron chi connectivity index (χ3n) is 3.03. The van der Waals surface area contributed by atoms with Gasteiger partial charge >= 0.3 is 0 Å². The zero-order chi connectivity index (χ0) is 15.8. The van der Waals surface area contributed by atoms with E-state index in [0.29, 0.717) is 18.0 Å². The summed E-state index contributed by atoms with van der Waals surface area (Å²) in [6.07, 6.45) is 0. The highest BCUT2D eigenvalue weighted by atomic mass is 16.1. The number of nitriles is 1. The van der Waals surface area contributed by atoms with Gasteiger partial charge in [-0.3, -0.25) is 4.79 Å². The van der Waals surface area contributed by atoms with Crippen molar-refractivity contribution in [3.05, 3.63) is 29.3 Å². The van der Waals surface area contributed by atoms with E-state index >= 15 is 0 Å². The van der Waals surface area contributed by atoms with Crippen LogP contribution in [0.5, 0.6) is 0 Å². The van der Waals surface area contributed by atoms with Crippen molar-refractivity contribution in [1.29, 1.82) is 5.26 Å². The van der Waals surface area contributed by atoms with Crippen molar-refractivity contribution in [2.24, 2.45) is 11.7 Å². The maximum Gasteiger partial charge on any atom is 0.236 e. The van der Waals surface area contributed by atoms with Crippen LogP contribution in [0.1, 0.15) is 31.9 Å². The van der Waals surface area contributed by atoms with Gasteiger partial charge in [-0.15, -0.1) is 0 Å². The third kappa shape index (κ3) is 5.44. The van der Waals surface area contributed by atoms with E-state index in [1.165, 1.54) is 0 Å².